The summed E-state index contributed by atoms with van der Waals surface area (Å²) in [5, 5.41) is 7.95. The van der Waals surface area contributed by atoms with Crippen LogP contribution in [0, 0.1) is 6.92 Å². The van der Waals surface area contributed by atoms with Crippen molar-refractivity contribution < 1.29 is 19.1 Å². The van der Waals surface area contributed by atoms with Crippen molar-refractivity contribution in [2.45, 2.75) is 32.6 Å². The first-order chi connectivity index (χ1) is 14.4. The number of amides is 2. The van der Waals surface area contributed by atoms with Gasteiger partial charge in [0.1, 0.15) is 10.8 Å². The third kappa shape index (κ3) is 5.87. The van der Waals surface area contributed by atoms with Gasteiger partial charge in [0.2, 0.25) is 11.8 Å². The first kappa shape index (κ1) is 21.9. The lowest BCUT2D eigenvalue weighted by molar-refractivity contribution is -0.119. The molecular weight excluding hydrogens is 404 g/mol. The third-order valence-electron chi connectivity index (χ3n) is 4.55. The van der Waals surface area contributed by atoms with Crippen LogP contribution in [-0.2, 0) is 14.3 Å². The maximum atomic E-state index is 12.5. The van der Waals surface area contributed by atoms with Gasteiger partial charge in [0.15, 0.2) is 0 Å². The first-order valence-corrected chi connectivity index (χ1v) is 10.8. The molecule has 1 aliphatic rings. The minimum absolute atomic E-state index is 0.00753. The standard InChI is InChI=1S/C21H26N4O4S/c1-4-29-21(28)19-15(14-8-9-14)12-30-20(19)24-18(27)11-25(3)10-17(26)23-16-7-5-6-13(2)22-16/h5-7,12,14H,4,8-11H2,1-3H3,(H,24,27)(H,22,23,26). The van der Waals surface area contributed by atoms with Crippen LogP contribution in [0.5, 0.6) is 0 Å². The predicted octanol–water partition coefficient (Wildman–Crippen LogP) is 3.01. The van der Waals surface area contributed by atoms with Crippen molar-refractivity contribution >= 4 is 39.9 Å². The van der Waals surface area contributed by atoms with Gasteiger partial charge < -0.3 is 15.4 Å². The minimum Gasteiger partial charge on any atom is -0.462 e. The van der Waals surface area contributed by atoms with Gasteiger partial charge >= 0.3 is 5.97 Å². The predicted molar refractivity (Wildman–Crippen MR) is 116 cm³/mol. The summed E-state index contributed by atoms with van der Waals surface area (Å²) in [6, 6.07) is 5.37. The van der Waals surface area contributed by atoms with Crippen LogP contribution in [0.4, 0.5) is 10.8 Å². The van der Waals surface area contributed by atoms with Gasteiger partial charge in [-0.15, -0.1) is 11.3 Å². The Hall–Kier alpha value is -2.78. The van der Waals surface area contributed by atoms with Crippen LogP contribution in [-0.4, -0.2) is 54.4 Å². The van der Waals surface area contributed by atoms with Crippen LogP contribution in [0.3, 0.4) is 0 Å². The molecular formula is C21H26N4O4S. The van der Waals surface area contributed by atoms with E-state index in [1.54, 1.807) is 24.9 Å². The normalized spacial score (nSPS) is 13.2. The fraction of sp³-hybridized carbons (Fsp3) is 0.429. The minimum atomic E-state index is -0.408. The number of aromatic nitrogens is 1. The van der Waals surface area contributed by atoms with Gasteiger partial charge in [-0.25, -0.2) is 9.78 Å². The molecule has 2 amide bonds. The number of anilines is 2. The number of nitrogens with zero attached hydrogens (tertiary/aromatic N) is 2. The van der Waals surface area contributed by atoms with Crippen LogP contribution < -0.4 is 10.6 Å². The molecule has 2 aromatic rings. The summed E-state index contributed by atoms with van der Waals surface area (Å²) in [5.74, 6) is -0.123. The lowest BCUT2D eigenvalue weighted by Crippen LogP contribution is -2.36. The van der Waals surface area contributed by atoms with Gasteiger partial charge in [0.25, 0.3) is 0 Å². The summed E-state index contributed by atoms with van der Waals surface area (Å²) in [5.41, 5.74) is 2.22. The van der Waals surface area contributed by atoms with Crippen molar-refractivity contribution in [3.63, 3.8) is 0 Å². The fourth-order valence-corrected chi connectivity index (χ4v) is 4.13. The van der Waals surface area contributed by atoms with Gasteiger partial charge in [-0.3, -0.25) is 14.5 Å². The first-order valence-electron chi connectivity index (χ1n) is 9.87. The molecule has 0 spiro atoms. The Balaban J connectivity index is 1.56. The second-order valence-corrected chi connectivity index (χ2v) is 8.20. The van der Waals surface area contributed by atoms with E-state index in [9.17, 15) is 14.4 Å². The topological polar surface area (TPSA) is 101 Å². The molecule has 8 nitrogen and oxygen atoms in total. The highest BCUT2D eigenvalue weighted by Crippen LogP contribution is 2.46. The number of hydrogen-bond donors (Lipinski definition) is 2. The second kappa shape index (κ2) is 9.82. The molecule has 3 rings (SSSR count). The Morgan fingerprint density at radius 1 is 1.20 bits per heavy atom. The Kier molecular flexibility index (Phi) is 7.17. The van der Waals surface area contributed by atoms with Crippen molar-refractivity contribution in [1.82, 2.24) is 9.88 Å². The van der Waals surface area contributed by atoms with E-state index in [2.05, 4.69) is 15.6 Å². The van der Waals surface area contributed by atoms with E-state index in [0.29, 0.717) is 22.3 Å². The summed E-state index contributed by atoms with van der Waals surface area (Å²) >= 11 is 1.33. The van der Waals surface area contributed by atoms with Crippen LogP contribution in [0.2, 0.25) is 0 Å². The lowest BCUT2D eigenvalue weighted by atomic mass is 10.1. The molecule has 0 saturated heterocycles. The van der Waals surface area contributed by atoms with E-state index in [0.717, 1.165) is 24.1 Å². The number of esters is 1. The largest absolute Gasteiger partial charge is 0.462 e. The monoisotopic (exact) mass is 430 g/mol. The molecule has 160 valence electrons. The summed E-state index contributed by atoms with van der Waals surface area (Å²) in [7, 11) is 1.68. The SMILES string of the molecule is CCOC(=O)c1c(C2CC2)csc1NC(=O)CN(C)CC(=O)Nc1cccc(C)n1. The molecule has 0 aromatic carbocycles. The number of rotatable bonds is 9. The van der Waals surface area contributed by atoms with E-state index < -0.39 is 5.97 Å². The van der Waals surface area contributed by atoms with Crippen molar-refractivity contribution in [1.29, 1.82) is 0 Å². The van der Waals surface area contributed by atoms with Gasteiger partial charge in [-0.05, 0) is 62.7 Å². The average molecular weight is 431 g/mol. The molecule has 2 N–H and O–H groups in total. The molecule has 1 fully saturated rings. The highest BCUT2D eigenvalue weighted by atomic mass is 32.1. The van der Waals surface area contributed by atoms with Crippen LogP contribution >= 0.6 is 11.3 Å². The number of thiophene rings is 1. The number of nitrogens with one attached hydrogen (secondary N) is 2. The van der Waals surface area contributed by atoms with Crippen LogP contribution in [0.25, 0.3) is 0 Å². The van der Waals surface area contributed by atoms with Gasteiger partial charge in [-0.1, -0.05) is 6.07 Å². The number of carbonyl (C=O) groups excluding carboxylic acids is 3. The lowest BCUT2D eigenvalue weighted by Gasteiger charge is -2.16. The second-order valence-electron chi connectivity index (χ2n) is 7.32. The summed E-state index contributed by atoms with van der Waals surface area (Å²) in [6.07, 6.45) is 2.09. The molecule has 0 atom stereocenters. The van der Waals surface area contributed by atoms with Crippen LogP contribution in [0.1, 0.15) is 47.3 Å². The Morgan fingerprint density at radius 3 is 2.53 bits per heavy atom. The molecule has 0 unspecified atom stereocenters. The maximum Gasteiger partial charge on any atom is 0.341 e. The van der Waals surface area contributed by atoms with Crippen LogP contribution in [0.15, 0.2) is 23.6 Å². The summed E-state index contributed by atoms with van der Waals surface area (Å²) in [6.45, 7) is 3.92. The van der Waals surface area contributed by atoms with Gasteiger partial charge in [0.05, 0.1) is 25.3 Å². The van der Waals surface area contributed by atoms with E-state index >= 15 is 0 Å². The molecule has 1 saturated carbocycles. The quantitative estimate of drug-likeness (QED) is 0.593. The van der Waals surface area contributed by atoms with Crippen molar-refractivity contribution in [2.24, 2.45) is 0 Å². The smallest absolute Gasteiger partial charge is 0.341 e. The Morgan fingerprint density at radius 2 is 1.90 bits per heavy atom. The molecule has 2 heterocycles. The summed E-state index contributed by atoms with van der Waals surface area (Å²) in [4.78, 5) is 42.9. The maximum absolute atomic E-state index is 12.5. The zero-order valence-corrected chi connectivity index (χ0v) is 18.2. The van der Waals surface area contributed by atoms with Gasteiger partial charge in [0, 0.05) is 5.69 Å². The molecule has 0 bridgehead atoms. The van der Waals surface area contributed by atoms with Crippen molar-refractivity contribution in [2.75, 3.05) is 37.4 Å². The average Bonchev–Trinajstić information content (AvgIpc) is 3.42. The Bertz CT molecular complexity index is 939. The Labute approximate surface area is 179 Å². The number of aryl methyl sites for hydroxylation is 1. The van der Waals surface area contributed by atoms with E-state index in [1.807, 2.05) is 24.4 Å². The number of likely N-dealkylation sites (N-methyl/N-ethyl adjacent to an activating group) is 1. The van der Waals surface area contributed by atoms with Crippen molar-refractivity contribution in [3.05, 3.63) is 40.4 Å². The number of hydrogen-bond acceptors (Lipinski definition) is 7. The third-order valence-corrected chi connectivity index (χ3v) is 5.47. The summed E-state index contributed by atoms with van der Waals surface area (Å²) < 4.78 is 5.17. The number of carbonyl (C=O) groups is 3. The highest BCUT2D eigenvalue weighted by molar-refractivity contribution is 7.15. The highest BCUT2D eigenvalue weighted by Gasteiger charge is 2.32. The fourth-order valence-electron chi connectivity index (χ4n) is 3.08. The van der Waals surface area contributed by atoms with E-state index in [4.69, 9.17) is 4.74 Å². The molecule has 0 aliphatic heterocycles. The number of pyridine rings is 1. The molecule has 9 heteroatoms. The molecule has 2 aromatic heterocycles. The number of ether oxygens (including phenoxy) is 1. The molecule has 30 heavy (non-hydrogen) atoms. The van der Waals surface area contributed by atoms with Gasteiger partial charge in [-0.2, -0.15) is 0 Å². The van der Waals surface area contributed by atoms with Crippen molar-refractivity contribution in [3.8, 4) is 0 Å². The molecule has 1 aliphatic carbocycles. The van der Waals surface area contributed by atoms with E-state index in [1.165, 1.54) is 11.3 Å². The van der Waals surface area contributed by atoms with E-state index in [-0.39, 0.29) is 31.5 Å². The zero-order valence-electron chi connectivity index (χ0n) is 17.4. The molecule has 0 radical (unpaired) electrons. The zero-order chi connectivity index (χ0) is 21.7.